The summed E-state index contributed by atoms with van der Waals surface area (Å²) in [7, 11) is 3.73. The van der Waals surface area contributed by atoms with Crippen molar-refractivity contribution in [1.29, 1.82) is 0 Å². The van der Waals surface area contributed by atoms with Gasteiger partial charge in [-0.15, -0.1) is 0 Å². The van der Waals surface area contributed by atoms with Gasteiger partial charge >= 0.3 is 6.18 Å². The third-order valence-electron chi connectivity index (χ3n) is 6.66. The molecule has 1 N–H and O–H groups in total. The fourth-order valence-electron chi connectivity index (χ4n) is 5.02. The minimum atomic E-state index is -4.36. The van der Waals surface area contributed by atoms with E-state index in [1.165, 1.54) is 0 Å². The maximum Gasteiger partial charge on any atom is 0.416 e. The highest BCUT2D eigenvalue weighted by atomic mass is 19.4. The van der Waals surface area contributed by atoms with Crippen LogP contribution in [0.15, 0.2) is 64.6 Å². The number of nitrogens with one attached hydrogen (secondary N) is 1. The molecule has 1 aromatic heterocycles. The van der Waals surface area contributed by atoms with Crippen molar-refractivity contribution in [1.82, 2.24) is 9.47 Å². The van der Waals surface area contributed by atoms with Gasteiger partial charge in [-0.3, -0.25) is 9.89 Å². The van der Waals surface area contributed by atoms with Crippen LogP contribution in [0, 0.1) is 6.92 Å². The van der Waals surface area contributed by atoms with Gasteiger partial charge in [0.15, 0.2) is 0 Å². The Bertz CT molecular complexity index is 1350. The summed E-state index contributed by atoms with van der Waals surface area (Å²) in [4.78, 5) is 13.8. The number of anilines is 3. The van der Waals surface area contributed by atoms with Gasteiger partial charge in [0.2, 0.25) is 5.96 Å². The molecule has 6 nitrogen and oxygen atoms in total. The third-order valence-corrected chi connectivity index (χ3v) is 6.66. The van der Waals surface area contributed by atoms with Crippen LogP contribution in [0.25, 0.3) is 0 Å². The SMILES string of the molecule is CN=C1c2c(c(C)n(Cc3ccc(C(F)(F)F)cc3)c2Nc2ccccc2)N2CC(C)(C)N=C2N1C. The smallest absolute Gasteiger partial charge is 0.341 e. The minimum Gasteiger partial charge on any atom is -0.341 e. The molecule has 0 fully saturated rings. The maximum absolute atomic E-state index is 13.1. The van der Waals surface area contributed by atoms with E-state index in [1.54, 1.807) is 19.2 Å². The van der Waals surface area contributed by atoms with Gasteiger partial charge in [-0.1, -0.05) is 30.3 Å². The van der Waals surface area contributed by atoms with Gasteiger partial charge in [0.1, 0.15) is 11.7 Å². The monoisotopic (exact) mass is 494 g/mol. The van der Waals surface area contributed by atoms with Crippen molar-refractivity contribution < 1.29 is 13.2 Å². The van der Waals surface area contributed by atoms with Crippen molar-refractivity contribution in [3.05, 3.63) is 77.0 Å². The van der Waals surface area contributed by atoms with Gasteiger partial charge in [-0.2, -0.15) is 13.2 Å². The Kier molecular flexibility index (Phi) is 5.61. The lowest BCUT2D eigenvalue weighted by atomic mass is 10.1. The standard InChI is InChI=1S/C27H29F3N6/c1-17-22-21(23(31-4)34(5)25-33-26(2,3)16-36(22)25)24(32-20-9-7-6-8-10-20)35(17)15-18-11-13-19(14-12-18)27(28,29)30/h6-14,32H,15-16H2,1-5H3. The molecule has 2 aromatic carbocycles. The molecule has 0 bridgehead atoms. The summed E-state index contributed by atoms with van der Waals surface area (Å²) in [6.07, 6.45) is -4.36. The van der Waals surface area contributed by atoms with E-state index in [4.69, 9.17) is 4.99 Å². The molecule has 3 aromatic rings. The van der Waals surface area contributed by atoms with E-state index in [9.17, 15) is 13.2 Å². The molecule has 5 rings (SSSR count). The van der Waals surface area contributed by atoms with Gasteiger partial charge in [0.25, 0.3) is 0 Å². The summed E-state index contributed by atoms with van der Waals surface area (Å²) in [5.74, 6) is 2.46. The average molecular weight is 495 g/mol. The van der Waals surface area contributed by atoms with Crippen LogP contribution >= 0.6 is 0 Å². The summed E-state index contributed by atoms with van der Waals surface area (Å²) < 4.78 is 41.5. The molecule has 9 heteroatoms. The molecular formula is C27H29F3N6. The van der Waals surface area contributed by atoms with Crippen LogP contribution in [0.3, 0.4) is 0 Å². The first-order chi connectivity index (χ1) is 17.0. The van der Waals surface area contributed by atoms with Crippen molar-refractivity contribution in [2.75, 3.05) is 30.9 Å². The number of benzene rings is 2. The van der Waals surface area contributed by atoms with Gasteiger partial charge in [0, 0.05) is 32.0 Å². The van der Waals surface area contributed by atoms with Gasteiger partial charge in [-0.25, -0.2) is 4.99 Å². The lowest BCUT2D eigenvalue weighted by Crippen LogP contribution is -2.48. The highest BCUT2D eigenvalue weighted by Crippen LogP contribution is 2.44. The van der Waals surface area contributed by atoms with Crippen molar-refractivity contribution in [3.8, 4) is 0 Å². The van der Waals surface area contributed by atoms with Crippen LogP contribution in [0.5, 0.6) is 0 Å². The molecule has 0 unspecified atom stereocenters. The lowest BCUT2D eigenvalue weighted by Gasteiger charge is -2.35. The summed E-state index contributed by atoms with van der Waals surface area (Å²) in [6, 6.07) is 15.2. The van der Waals surface area contributed by atoms with Crippen molar-refractivity contribution in [2.24, 2.45) is 9.98 Å². The Labute approximate surface area is 208 Å². The second kappa shape index (κ2) is 8.43. The number of hydrogen-bond donors (Lipinski definition) is 1. The van der Waals surface area contributed by atoms with Crippen molar-refractivity contribution in [2.45, 2.75) is 39.0 Å². The topological polar surface area (TPSA) is 48.2 Å². The van der Waals surface area contributed by atoms with Crippen LogP contribution in [0.4, 0.5) is 30.4 Å². The molecule has 188 valence electrons. The predicted octanol–water partition coefficient (Wildman–Crippen LogP) is 5.88. The molecule has 0 radical (unpaired) electrons. The summed E-state index contributed by atoms with van der Waals surface area (Å²) in [5, 5.41) is 3.57. The largest absolute Gasteiger partial charge is 0.416 e. The molecule has 0 amide bonds. The number of amidine groups is 1. The molecule has 3 heterocycles. The Morgan fingerprint density at radius 1 is 1.06 bits per heavy atom. The highest BCUT2D eigenvalue weighted by Gasteiger charge is 2.44. The van der Waals surface area contributed by atoms with Gasteiger partial charge in [-0.05, 0) is 50.6 Å². The zero-order valence-corrected chi connectivity index (χ0v) is 21.0. The third kappa shape index (κ3) is 4.02. The number of fused-ring (bicyclic) bond motifs is 3. The number of aliphatic imine (C=N–C) groups is 2. The normalized spacial score (nSPS) is 17.8. The van der Waals surface area contributed by atoms with E-state index in [2.05, 4.69) is 33.6 Å². The van der Waals surface area contributed by atoms with E-state index in [0.717, 1.165) is 57.9 Å². The second-order valence-corrected chi connectivity index (χ2v) is 9.85. The molecular weight excluding hydrogens is 465 g/mol. The number of hydrogen-bond acceptors (Lipinski definition) is 4. The van der Waals surface area contributed by atoms with E-state index in [0.29, 0.717) is 13.1 Å². The Morgan fingerprint density at radius 3 is 2.33 bits per heavy atom. The van der Waals surface area contributed by atoms with E-state index >= 15 is 0 Å². The number of guanidine groups is 1. The first kappa shape index (κ1) is 24.0. The highest BCUT2D eigenvalue weighted by molar-refractivity contribution is 6.24. The molecule has 0 saturated heterocycles. The fourth-order valence-corrected chi connectivity index (χ4v) is 5.02. The second-order valence-electron chi connectivity index (χ2n) is 9.85. The molecule has 36 heavy (non-hydrogen) atoms. The number of aromatic nitrogens is 1. The van der Waals surface area contributed by atoms with E-state index in [1.807, 2.05) is 49.2 Å². The fraction of sp³-hybridized carbons (Fsp3) is 0.333. The number of alkyl halides is 3. The van der Waals surface area contributed by atoms with Gasteiger partial charge in [0.05, 0.1) is 28.9 Å². The number of rotatable bonds is 4. The Hall–Kier alpha value is -3.75. The zero-order chi connectivity index (χ0) is 25.8. The van der Waals surface area contributed by atoms with Crippen LogP contribution in [-0.2, 0) is 12.7 Å². The first-order valence-corrected chi connectivity index (χ1v) is 11.8. The van der Waals surface area contributed by atoms with E-state index < -0.39 is 11.7 Å². The minimum absolute atomic E-state index is 0.265. The Morgan fingerprint density at radius 2 is 1.72 bits per heavy atom. The van der Waals surface area contributed by atoms with Crippen LogP contribution in [0.2, 0.25) is 0 Å². The summed E-state index contributed by atoms with van der Waals surface area (Å²) >= 11 is 0. The molecule has 2 aliphatic rings. The lowest BCUT2D eigenvalue weighted by molar-refractivity contribution is -0.137. The quantitative estimate of drug-likeness (QED) is 0.493. The molecule has 0 atom stereocenters. The van der Waals surface area contributed by atoms with Crippen molar-refractivity contribution in [3.63, 3.8) is 0 Å². The average Bonchev–Trinajstić information content (AvgIpc) is 3.29. The number of nitrogens with zero attached hydrogens (tertiary/aromatic N) is 5. The predicted molar refractivity (Wildman–Crippen MR) is 139 cm³/mol. The molecule has 0 saturated carbocycles. The molecule has 2 aliphatic heterocycles. The van der Waals surface area contributed by atoms with Crippen molar-refractivity contribution >= 4 is 29.0 Å². The van der Waals surface area contributed by atoms with Crippen LogP contribution in [-0.4, -0.2) is 47.4 Å². The number of halogens is 3. The molecule has 0 spiro atoms. The first-order valence-electron chi connectivity index (χ1n) is 11.8. The number of para-hydroxylation sites is 1. The maximum atomic E-state index is 13.1. The van der Waals surface area contributed by atoms with Gasteiger partial charge < -0.3 is 14.8 Å². The van der Waals surface area contributed by atoms with Crippen LogP contribution < -0.4 is 10.2 Å². The molecule has 0 aliphatic carbocycles. The summed E-state index contributed by atoms with van der Waals surface area (Å²) in [6.45, 7) is 7.36. The zero-order valence-electron chi connectivity index (χ0n) is 21.0. The summed E-state index contributed by atoms with van der Waals surface area (Å²) in [5.41, 5.74) is 3.72. The Balaban J connectivity index is 1.68. The van der Waals surface area contributed by atoms with E-state index in [-0.39, 0.29) is 5.54 Å². The van der Waals surface area contributed by atoms with Crippen LogP contribution in [0.1, 0.15) is 36.2 Å².